The van der Waals surface area contributed by atoms with Crippen LogP contribution in [0.25, 0.3) is 22.4 Å². The Morgan fingerprint density at radius 2 is 1.86 bits per heavy atom. The van der Waals surface area contributed by atoms with E-state index in [0.29, 0.717) is 28.1 Å². The van der Waals surface area contributed by atoms with Crippen molar-refractivity contribution >= 4 is 22.6 Å². The van der Waals surface area contributed by atoms with Crippen LogP contribution in [0.1, 0.15) is 24.8 Å². The molecule has 0 saturated heterocycles. The van der Waals surface area contributed by atoms with E-state index in [-0.39, 0.29) is 12.2 Å². The number of aromatic nitrogens is 2. The van der Waals surface area contributed by atoms with E-state index in [1.165, 1.54) is 0 Å². The highest BCUT2D eigenvalue weighted by Crippen LogP contribution is 2.25. The number of rotatable bonds is 6. The fourth-order valence-corrected chi connectivity index (χ4v) is 3.07. The second-order valence-electron chi connectivity index (χ2n) is 6.30. The van der Waals surface area contributed by atoms with Gasteiger partial charge in [-0.1, -0.05) is 24.9 Å². The van der Waals surface area contributed by atoms with Crippen molar-refractivity contribution in [1.82, 2.24) is 10.2 Å². The molecule has 6 nitrogen and oxygen atoms in total. The van der Waals surface area contributed by atoms with Crippen molar-refractivity contribution in [2.75, 3.05) is 0 Å². The van der Waals surface area contributed by atoms with Gasteiger partial charge in [0.15, 0.2) is 6.61 Å². The first-order chi connectivity index (χ1) is 13.6. The van der Waals surface area contributed by atoms with E-state index in [9.17, 15) is 4.79 Å². The zero-order valence-corrected chi connectivity index (χ0v) is 15.9. The number of hydrogen-bond donors (Lipinski definition) is 0. The highest BCUT2D eigenvalue weighted by atomic mass is 35.5. The minimum atomic E-state index is -0.363. The summed E-state index contributed by atoms with van der Waals surface area (Å²) >= 11 is 5.89. The zero-order chi connectivity index (χ0) is 19.5. The molecule has 28 heavy (non-hydrogen) atoms. The van der Waals surface area contributed by atoms with Crippen molar-refractivity contribution < 1.29 is 13.6 Å². The summed E-state index contributed by atoms with van der Waals surface area (Å²) in [5, 5.41) is 9.57. The van der Waals surface area contributed by atoms with Gasteiger partial charge >= 0.3 is 5.63 Å². The predicted molar refractivity (Wildman–Crippen MR) is 106 cm³/mol. The maximum absolute atomic E-state index is 11.8. The van der Waals surface area contributed by atoms with Gasteiger partial charge in [0.1, 0.15) is 11.3 Å². The second-order valence-corrected chi connectivity index (χ2v) is 6.73. The Balaban J connectivity index is 1.51. The van der Waals surface area contributed by atoms with Crippen LogP contribution in [0.3, 0.4) is 0 Å². The second kappa shape index (κ2) is 7.86. The summed E-state index contributed by atoms with van der Waals surface area (Å²) in [4.78, 5) is 11.8. The van der Waals surface area contributed by atoms with Crippen molar-refractivity contribution in [1.29, 1.82) is 0 Å². The van der Waals surface area contributed by atoms with Crippen LogP contribution in [0.4, 0.5) is 0 Å². The number of fused-ring (bicyclic) bond motifs is 1. The average molecular weight is 397 g/mol. The normalized spacial score (nSPS) is 11.1. The lowest BCUT2D eigenvalue weighted by Crippen LogP contribution is -2.01. The number of benzene rings is 2. The Morgan fingerprint density at radius 3 is 2.64 bits per heavy atom. The maximum Gasteiger partial charge on any atom is 0.336 e. The molecule has 4 aromatic rings. The van der Waals surface area contributed by atoms with E-state index >= 15 is 0 Å². The standard InChI is InChI=1S/C21H17ClN2O4/c1-2-3-14-10-20(25)27-18-11-16(8-9-17(14)18)26-12-19-23-24-21(28-19)13-4-6-15(22)7-5-13/h4-11H,2-3,12H2,1H3. The van der Waals surface area contributed by atoms with Crippen molar-refractivity contribution in [2.24, 2.45) is 0 Å². The van der Waals surface area contributed by atoms with Gasteiger partial charge in [-0.25, -0.2) is 4.79 Å². The number of halogens is 1. The molecule has 0 fully saturated rings. The highest BCUT2D eigenvalue weighted by molar-refractivity contribution is 6.30. The van der Waals surface area contributed by atoms with Gasteiger partial charge in [-0.2, -0.15) is 0 Å². The third-order valence-corrected chi connectivity index (χ3v) is 4.49. The number of hydrogen-bond acceptors (Lipinski definition) is 6. The van der Waals surface area contributed by atoms with Crippen molar-refractivity contribution in [2.45, 2.75) is 26.4 Å². The minimum Gasteiger partial charge on any atom is -0.484 e. The summed E-state index contributed by atoms with van der Waals surface area (Å²) in [6, 6.07) is 14.1. The van der Waals surface area contributed by atoms with Gasteiger partial charge < -0.3 is 13.6 Å². The molecular formula is C21H17ClN2O4. The van der Waals surface area contributed by atoms with E-state index in [1.807, 2.05) is 12.1 Å². The number of aryl methyl sites for hydroxylation is 1. The summed E-state index contributed by atoms with van der Waals surface area (Å²) < 4.78 is 16.7. The molecule has 0 N–H and O–H groups in total. The van der Waals surface area contributed by atoms with Gasteiger partial charge in [-0.05, 0) is 48.4 Å². The zero-order valence-electron chi connectivity index (χ0n) is 15.1. The number of ether oxygens (including phenoxy) is 1. The Hall–Kier alpha value is -3.12. The Bertz CT molecular complexity index is 1170. The molecule has 0 spiro atoms. The molecule has 2 aromatic carbocycles. The molecule has 4 rings (SSSR count). The van der Waals surface area contributed by atoms with Gasteiger partial charge in [-0.15, -0.1) is 10.2 Å². The molecule has 2 aromatic heterocycles. The van der Waals surface area contributed by atoms with Crippen molar-refractivity contribution in [3.05, 3.63) is 75.4 Å². The molecule has 0 radical (unpaired) electrons. The number of nitrogens with zero attached hydrogens (tertiary/aromatic N) is 2. The van der Waals surface area contributed by atoms with Crippen molar-refractivity contribution in [3.8, 4) is 17.2 Å². The Labute approximate surface area is 165 Å². The first-order valence-corrected chi connectivity index (χ1v) is 9.28. The summed E-state index contributed by atoms with van der Waals surface area (Å²) in [6.45, 7) is 2.17. The van der Waals surface area contributed by atoms with Crippen LogP contribution in [-0.4, -0.2) is 10.2 Å². The van der Waals surface area contributed by atoms with Gasteiger partial charge in [0.05, 0.1) is 0 Å². The molecule has 0 aliphatic rings. The molecule has 0 saturated carbocycles. The fourth-order valence-electron chi connectivity index (χ4n) is 2.94. The molecule has 0 unspecified atom stereocenters. The van der Waals surface area contributed by atoms with E-state index in [2.05, 4.69) is 17.1 Å². The van der Waals surface area contributed by atoms with E-state index in [4.69, 9.17) is 25.2 Å². The Kier molecular flexibility index (Phi) is 5.12. The molecular weight excluding hydrogens is 380 g/mol. The van der Waals surface area contributed by atoms with E-state index in [0.717, 1.165) is 29.4 Å². The first-order valence-electron chi connectivity index (χ1n) is 8.90. The summed E-state index contributed by atoms with van der Waals surface area (Å²) in [5.41, 5.74) is 1.89. The fraction of sp³-hybridized carbons (Fsp3) is 0.190. The molecule has 0 aliphatic heterocycles. The highest BCUT2D eigenvalue weighted by Gasteiger charge is 2.11. The minimum absolute atomic E-state index is 0.102. The summed E-state index contributed by atoms with van der Waals surface area (Å²) in [5.74, 6) is 1.28. The smallest absolute Gasteiger partial charge is 0.336 e. The lowest BCUT2D eigenvalue weighted by molar-refractivity contribution is 0.264. The van der Waals surface area contributed by atoms with E-state index < -0.39 is 0 Å². The lowest BCUT2D eigenvalue weighted by Gasteiger charge is -2.07. The van der Waals surface area contributed by atoms with Gasteiger partial charge in [-0.3, -0.25) is 0 Å². The van der Waals surface area contributed by atoms with Gasteiger partial charge in [0.2, 0.25) is 5.89 Å². The van der Waals surface area contributed by atoms with Gasteiger partial charge in [0, 0.05) is 28.1 Å². The quantitative estimate of drug-likeness (QED) is 0.425. The molecule has 0 aliphatic carbocycles. The summed E-state index contributed by atoms with van der Waals surface area (Å²) in [6.07, 6.45) is 1.77. The van der Waals surface area contributed by atoms with Crippen LogP contribution >= 0.6 is 11.6 Å². The van der Waals surface area contributed by atoms with Gasteiger partial charge in [0.25, 0.3) is 5.89 Å². The monoisotopic (exact) mass is 396 g/mol. The van der Waals surface area contributed by atoms with Crippen molar-refractivity contribution in [3.63, 3.8) is 0 Å². The third-order valence-electron chi connectivity index (χ3n) is 4.24. The topological polar surface area (TPSA) is 78.4 Å². The average Bonchev–Trinajstić information content (AvgIpc) is 3.16. The summed E-state index contributed by atoms with van der Waals surface area (Å²) in [7, 11) is 0. The Morgan fingerprint density at radius 1 is 1.04 bits per heavy atom. The van der Waals surface area contributed by atoms with Crippen LogP contribution in [0, 0.1) is 0 Å². The molecule has 2 heterocycles. The molecule has 0 amide bonds. The predicted octanol–water partition coefficient (Wildman–Crippen LogP) is 5.03. The maximum atomic E-state index is 11.8. The molecule has 7 heteroatoms. The van der Waals surface area contributed by atoms with Crippen LogP contribution in [-0.2, 0) is 13.0 Å². The van der Waals surface area contributed by atoms with Crippen LogP contribution < -0.4 is 10.4 Å². The molecule has 0 atom stereocenters. The van der Waals surface area contributed by atoms with E-state index in [1.54, 1.807) is 36.4 Å². The van der Waals surface area contributed by atoms with Crippen LogP contribution in [0.15, 0.2) is 62.2 Å². The SMILES string of the molecule is CCCc1cc(=O)oc2cc(OCc3nnc(-c4ccc(Cl)cc4)o3)ccc12. The van der Waals surface area contributed by atoms with Crippen LogP contribution in [0.5, 0.6) is 5.75 Å². The lowest BCUT2D eigenvalue weighted by atomic mass is 10.1. The first kappa shape index (κ1) is 18.3. The van der Waals surface area contributed by atoms with Crippen LogP contribution in [0.2, 0.25) is 5.02 Å². The molecule has 0 bridgehead atoms. The third kappa shape index (κ3) is 3.92. The molecule has 142 valence electrons. The largest absolute Gasteiger partial charge is 0.484 e.